The Morgan fingerprint density at radius 1 is 1.13 bits per heavy atom. The summed E-state index contributed by atoms with van der Waals surface area (Å²) in [7, 11) is 0. The summed E-state index contributed by atoms with van der Waals surface area (Å²) in [4.78, 5) is 0. The Labute approximate surface area is 92.4 Å². The van der Waals surface area contributed by atoms with E-state index in [1.807, 2.05) is 6.92 Å². The lowest BCUT2D eigenvalue weighted by Crippen LogP contribution is -2.59. The van der Waals surface area contributed by atoms with Gasteiger partial charge in [0.2, 0.25) is 0 Å². The van der Waals surface area contributed by atoms with E-state index in [-0.39, 0.29) is 6.10 Å². The third kappa shape index (κ3) is 1.83. The van der Waals surface area contributed by atoms with E-state index >= 15 is 0 Å². The number of nitrogens with one attached hydrogen (secondary N) is 1. The Kier molecular flexibility index (Phi) is 2.33. The number of β-amino-alcohol motifs (C(OH)–C–C–N with tert-alkyl or cyclic N) is 1. The molecule has 0 aromatic carbocycles. The highest BCUT2D eigenvalue weighted by atomic mass is 16.3. The van der Waals surface area contributed by atoms with Crippen LogP contribution in [0.4, 0.5) is 0 Å². The van der Waals surface area contributed by atoms with Crippen molar-refractivity contribution in [1.82, 2.24) is 5.32 Å². The minimum Gasteiger partial charge on any atom is -0.392 e. The molecule has 4 bridgehead atoms. The maximum Gasteiger partial charge on any atom is 0.0636 e. The van der Waals surface area contributed by atoms with Crippen molar-refractivity contribution < 1.29 is 5.11 Å². The van der Waals surface area contributed by atoms with E-state index in [2.05, 4.69) is 5.32 Å². The molecule has 86 valence electrons. The van der Waals surface area contributed by atoms with Crippen LogP contribution in [0.1, 0.15) is 45.4 Å². The predicted molar refractivity (Wildman–Crippen MR) is 60.6 cm³/mol. The van der Waals surface area contributed by atoms with E-state index in [1.165, 1.54) is 38.5 Å². The van der Waals surface area contributed by atoms with Crippen LogP contribution in [0.5, 0.6) is 0 Å². The molecule has 15 heavy (non-hydrogen) atoms. The first-order chi connectivity index (χ1) is 7.15. The molecule has 1 atom stereocenters. The molecule has 2 nitrogen and oxygen atoms in total. The Morgan fingerprint density at radius 3 is 2.00 bits per heavy atom. The van der Waals surface area contributed by atoms with Crippen molar-refractivity contribution in [3.8, 4) is 0 Å². The van der Waals surface area contributed by atoms with Crippen molar-refractivity contribution in [1.29, 1.82) is 0 Å². The minimum atomic E-state index is -0.196. The lowest BCUT2D eigenvalue weighted by molar-refractivity contribution is -0.0239. The van der Waals surface area contributed by atoms with Crippen LogP contribution in [0.15, 0.2) is 0 Å². The zero-order valence-corrected chi connectivity index (χ0v) is 9.71. The summed E-state index contributed by atoms with van der Waals surface area (Å²) in [6, 6.07) is 0. The van der Waals surface area contributed by atoms with Gasteiger partial charge in [-0.05, 0) is 63.2 Å². The molecule has 4 fully saturated rings. The SMILES string of the molecule is C[C@H](O)CNC12CC3CC(CC(C3)C1)C2. The molecule has 2 heteroatoms. The third-order valence-corrected chi connectivity index (χ3v) is 4.81. The second-order valence-electron chi connectivity index (χ2n) is 6.43. The van der Waals surface area contributed by atoms with Gasteiger partial charge in [-0.1, -0.05) is 0 Å². The van der Waals surface area contributed by atoms with Gasteiger partial charge in [-0.2, -0.15) is 0 Å². The fraction of sp³-hybridized carbons (Fsp3) is 1.00. The second kappa shape index (κ2) is 3.46. The highest BCUT2D eigenvalue weighted by Crippen LogP contribution is 2.55. The van der Waals surface area contributed by atoms with Crippen LogP contribution < -0.4 is 5.32 Å². The topological polar surface area (TPSA) is 32.3 Å². The van der Waals surface area contributed by atoms with Gasteiger partial charge in [0.25, 0.3) is 0 Å². The molecule has 4 rings (SSSR count). The van der Waals surface area contributed by atoms with E-state index < -0.39 is 0 Å². The van der Waals surface area contributed by atoms with Gasteiger partial charge in [-0.25, -0.2) is 0 Å². The molecule has 0 amide bonds. The summed E-state index contributed by atoms with van der Waals surface area (Å²) in [5, 5.41) is 13.1. The Morgan fingerprint density at radius 2 is 1.60 bits per heavy atom. The molecule has 0 aromatic rings. The van der Waals surface area contributed by atoms with Crippen molar-refractivity contribution in [2.75, 3.05) is 6.54 Å². The summed E-state index contributed by atoms with van der Waals surface area (Å²) in [5.74, 6) is 2.99. The standard InChI is InChI=1S/C13H23NO/c1-9(15)8-14-13-5-10-2-11(6-13)4-12(3-10)7-13/h9-12,14-15H,2-8H2,1H3/t9-,10?,11?,12?,13?/m0/s1. The summed E-state index contributed by atoms with van der Waals surface area (Å²) >= 11 is 0. The van der Waals surface area contributed by atoms with E-state index in [9.17, 15) is 5.11 Å². The molecule has 0 radical (unpaired) electrons. The van der Waals surface area contributed by atoms with Crippen LogP contribution in [-0.4, -0.2) is 23.3 Å². The van der Waals surface area contributed by atoms with Crippen LogP contribution in [0.3, 0.4) is 0 Å². The molecule has 2 N–H and O–H groups in total. The van der Waals surface area contributed by atoms with E-state index in [0.717, 1.165) is 24.3 Å². The molecule has 0 saturated heterocycles. The average molecular weight is 209 g/mol. The van der Waals surface area contributed by atoms with E-state index in [1.54, 1.807) is 0 Å². The Balaban J connectivity index is 1.70. The average Bonchev–Trinajstić information content (AvgIpc) is 2.12. The number of hydrogen-bond acceptors (Lipinski definition) is 2. The zero-order chi connectivity index (χ0) is 10.5. The maximum atomic E-state index is 9.39. The van der Waals surface area contributed by atoms with Gasteiger partial charge in [0.05, 0.1) is 6.10 Å². The molecular formula is C13H23NO. The molecule has 0 aromatic heterocycles. The monoisotopic (exact) mass is 209 g/mol. The van der Waals surface area contributed by atoms with Crippen molar-refractivity contribution in [3.63, 3.8) is 0 Å². The summed E-state index contributed by atoms with van der Waals surface area (Å²) in [5.41, 5.74) is 0.422. The molecule has 0 spiro atoms. The fourth-order valence-electron chi connectivity index (χ4n) is 4.69. The molecule has 4 aliphatic rings. The van der Waals surface area contributed by atoms with Crippen LogP contribution >= 0.6 is 0 Å². The van der Waals surface area contributed by atoms with Crippen LogP contribution in [0.25, 0.3) is 0 Å². The molecular weight excluding hydrogens is 186 g/mol. The first kappa shape index (κ1) is 10.1. The second-order valence-corrected chi connectivity index (χ2v) is 6.43. The van der Waals surface area contributed by atoms with Gasteiger partial charge >= 0.3 is 0 Å². The summed E-state index contributed by atoms with van der Waals surface area (Å²) in [6.45, 7) is 2.67. The van der Waals surface area contributed by atoms with Crippen molar-refractivity contribution in [3.05, 3.63) is 0 Å². The first-order valence-corrected chi connectivity index (χ1v) is 6.58. The highest BCUT2D eigenvalue weighted by Gasteiger charge is 2.50. The van der Waals surface area contributed by atoms with Crippen molar-refractivity contribution in [2.24, 2.45) is 17.8 Å². The van der Waals surface area contributed by atoms with Gasteiger partial charge in [0.15, 0.2) is 0 Å². The first-order valence-electron chi connectivity index (χ1n) is 6.58. The molecule has 4 aliphatic carbocycles. The van der Waals surface area contributed by atoms with Gasteiger partial charge < -0.3 is 10.4 Å². The van der Waals surface area contributed by atoms with Crippen LogP contribution in [0, 0.1) is 17.8 Å². The molecule has 0 unspecified atom stereocenters. The van der Waals surface area contributed by atoms with Crippen molar-refractivity contribution in [2.45, 2.75) is 57.1 Å². The van der Waals surface area contributed by atoms with Crippen molar-refractivity contribution >= 4 is 0 Å². The van der Waals surface area contributed by atoms with E-state index in [4.69, 9.17) is 0 Å². The van der Waals surface area contributed by atoms with Gasteiger partial charge in [-0.3, -0.25) is 0 Å². The quantitative estimate of drug-likeness (QED) is 0.744. The predicted octanol–water partition coefficient (Wildman–Crippen LogP) is 1.93. The van der Waals surface area contributed by atoms with Crippen LogP contribution in [0.2, 0.25) is 0 Å². The summed E-state index contributed by atoms with van der Waals surface area (Å²) in [6.07, 6.45) is 8.43. The van der Waals surface area contributed by atoms with Gasteiger partial charge in [0, 0.05) is 12.1 Å². The Bertz CT molecular complexity index is 214. The normalized spacial score (nSPS) is 49.6. The lowest BCUT2D eigenvalue weighted by Gasteiger charge is -2.57. The van der Waals surface area contributed by atoms with Crippen LogP contribution in [-0.2, 0) is 0 Å². The number of aliphatic hydroxyl groups is 1. The van der Waals surface area contributed by atoms with Gasteiger partial charge in [0.1, 0.15) is 0 Å². The zero-order valence-electron chi connectivity index (χ0n) is 9.71. The molecule has 0 heterocycles. The largest absolute Gasteiger partial charge is 0.392 e. The van der Waals surface area contributed by atoms with Gasteiger partial charge in [-0.15, -0.1) is 0 Å². The molecule has 4 saturated carbocycles. The molecule has 0 aliphatic heterocycles. The maximum absolute atomic E-state index is 9.39. The number of hydrogen-bond donors (Lipinski definition) is 2. The van der Waals surface area contributed by atoms with E-state index in [0.29, 0.717) is 5.54 Å². The highest BCUT2D eigenvalue weighted by molar-refractivity contribution is 5.06. The lowest BCUT2D eigenvalue weighted by atomic mass is 9.53. The smallest absolute Gasteiger partial charge is 0.0636 e. The Hall–Kier alpha value is -0.0800. The third-order valence-electron chi connectivity index (χ3n) is 4.81. The fourth-order valence-corrected chi connectivity index (χ4v) is 4.69. The minimum absolute atomic E-state index is 0.196. The number of aliphatic hydroxyl groups excluding tert-OH is 1. The summed E-state index contributed by atoms with van der Waals surface area (Å²) < 4.78 is 0. The number of rotatable bonds is 3.